The van der Waals surface area contributed by atoms with Gasteiger partial charge in [-0.1, -0.05) is 30.7 Å². The van der Waals surface area contributed by atoms with Crippen LogP contribution in [0, 0.1) is 0 Å². The molecule has 0 aromatic carbocycles. The predicted molar refractivity (Wildman–Crippen MR) is 100 cm³/mol. The molecule has 7 nitrogen and oxygen atoms in total. The van der Waals surface area contributed by atoms with Crippen LogP contribution >= 0.6 is 11.3 Å². The molecule has 0 radical (unpaired) electrons. The lowest BCUT2D eigenvalue weighted by Gasteiger charge is -2.16. The molecule has 134 valence electrons. The van der Waals surface area contributed by atoms with Crippen LogP contribution in [0.15, 0.2) is 18.3 Å². The normalized spacial score (nSPS) is 13.9. The van der Waals surface area contributed by atoms with E-state index >= 15 is 0 Å². The lowest BCUT2D eigenvalue weighted by molar-refractivity contribution is 0.251. The van der Waals surface area contributed by atoms with Crippen LogP contribution in [0.2, 0.25) is 0 Å². The largest absolute Gasteiger partial charge is 0.357 e. The van der Waals surface area contributed by atoms with Crippen LogP contribution in [-0.2, 0) is 13.0 Å². The SMILES string of the molecule is CCCCc1nnc(NC(=O)NCc2ccc(N3CCCC3)nc2)s1. The summed E-state index contributed by atoms with van der Waals surface area (Å²) in [5.74, 6) is 1.01. The van der Waals surface area contributed by atoms with Gasteiger partial charge in [-0.05, 0) is 30.9 Å². The van der Waals surface area contributed by atoms with Crippen molar-refractivity contribution in [2.45, 2.75) is 45.6 Å². The Morgan fingerprint density at radius 3 is 2.84 bits per heavy atom. The van der Waals surface area contributed by atoms with Crippen molar-refractivity contribution in [1.82, 2.24) is 20.5 Å². The molecule has 2 aromatic heterocycles. The highest BCUT2D eigenvalue weighted by Crippen LogP contribution is 2.18. The Balaban J connectivity index is 1.44. The van der Waals surface area contributed by atoms with Gasteiger partial charge in [0.15, 0.2) is 0 Å². The Labute approximate surface area is 151 Å². The first-order valence-corrected chi connectivity index (χ1v) is 9.63. The Morgan fingerprint density at radius 1 is 1.28 bits per heavy atom. The van der Waals surface area contributed by atoms with Gasteiger partial charge in [0.25, 0.3) is 0 Å². The lowest BCUT2D eigenvalue weighted by Crippen LogP contribution is -2.28. The predicted octanol–water partition coefficient (Wildman–Crippen LogP) is 3.20. The third-order valence-corrected chi connectivity index (χ3v) is 5.02. The molecule has 2 N–H and O–H groups in total. The third-order valence-electron chi connectivity index (χ3n) is 4.12. The van der Waals surface area contributed by atoms with E-state index in [1.807, 2.05) is 18.3 Å². The van der Waals surface area contributed by atoms with Gasteiger partial charge in [-0.25, -0.2) is 9.78 Å². The minimum Gasteiger partial charge on any atom is -0.357 e. The van der Waals surface area contributed by atoms with E-state index in [1.54, 1.807) is 0 Å². The Morgan fingerprint density at radius 2 is 2.12 bits per heavy atom. The van der Waals surface area contributed by atoms with Gasteiger partial charge >= 0.3 is 6.03 Å². The minimum absolute atomic E-state index is 0.276. The summed E-state index contributed by atoms with van der Waals surface area (Å²) in [5.41, 5.74) is 0.971. The number of nitrogens with zero attached hydrogens (tertiary/aromatic N) is 4. The highest BCUT2D eigenvalue weighted by Gasteiger charge is 2.13. The molecule has 0 aliphatic carbocycles. The number of rotatable bonds is 7. The standard InChI is InChI=1S/C17H24N6OS/c1-2-3-6-15-21-22-17(25-15)20-16(24)19-12-13-7-8-14(18-11-13)23-9-4-5-10-23/h7-8,11H,2-6,9-10,12H2,1H3,(H2,19,20,22,24). The van der Waals surface area contributed by atoms with E-state index < -0.39 is 0 Å². The smallest absolute Gasteiger partial charge is 0.321 e. The fraction of sp³-hybridized carbons (Fsp3) is 0.529. The van der Waals surface area contributed by atoms with Crippen molar-refractivity contribution in [3.8, 4) is 0 Å². The molecule has 1 saturated heterocycles. The Kier molecular flexibility index (Phi) is 6.16. The summed E-state index contributed by atoms with van der Waals surface area (Å²) in [6, 6.07) is 3.75. The topological polar surface area (TPSA) is 83.0 Å². The molecule has 3 rings (SSSR count). The van der Waals surface area contributed by atoms with Crippen molar-refractivity contribution in [1.29, 1.82) is 0 Å². The molecule has 0 unspecified atom stereocenters. The number of aromatic nitrogens is 3. The second-order valence-corrected chi connectivity index (χ2v) is 7.19. The number of pyridine rings is 1. The number of hydrogen-bond acceptors (Lipinski definition) is 6. The van der Waals surface area contributed by atoms with Crippen molar-refractivity contribution in [2.75, 3.05) is 23.3 Å². The molecule has 2 amide bonds. The van der Waals surface area contributed by atoms with Gasteiger partial charge < -0.3 is 10.2 Å². The van der Waals surface area contributed by atoms with Crippen molar-refractivity contribution in [3.63, 3.8) is 0 Å². The minimum atomic E-state index is -0.276. The molecular formula is C17H24N6OS. The van der Waals surface area contributed by atoms with Crippen molar-refractivity contribution < 1.29 is 4.79 Å². The number of carbonyl (C=O) groups is 1. The van der Waals surface area contributed by atoms with Gasteiger partial charge in [-0.2, -0.15) is 0 Å². The molecule has 1 aliphatic heterocycles. The second-order valence-electron chi connectivity index (χ2n) is 6.13. The maximum absolute atomic E-state index is 12.0. The van der Waals surface area contributed by atoms with Crippen LogP contribution in [0.4, 0.5) is 15.7 Å². The molecule has 25 heavy (non-hydrogen) atoms. The van der Waals surface area contributed by atoms with Crippen LogP contribution < -0.4 is 15.5 Å². The number of aryl methyl sites for hydroxylation is 1. The molecule has 0 atom stereocenters. The first-order valence-electron chi connectivity index (χ1n) is 8.81. The summed E-state index contributed by atoms with van der Waals surface area (Å²) in [7, 11) is 0. The van der Waals surface area contributed by atoms with E-state index in [0.29, 0.717) is 11.7 Å². The number of amides is 2. The van der Waals surface area contributed by atoms with Gasteiger partial charge in [-0.3, -0.25) is 5.32 Å². The van der Waals surface area contributed by atoms with Crippen LogP contribution in [0.1, 0.15) is 43.2 Å². The van der Waals surface area contributed by atoms with Gasteiger partial charge in [0.1, 0.15) is 10.8 Å². The van der Waals surface area contributed by atoms with E-state index in [0.717, 1.165) is 48.7 Å². The molecule has 0 saturated carbocycles. The van der Waals surface area contributed by atoms with Crippen LogP contribution in [-0.4, -0.2) is 34.3 Å². The fourth-order valence-corrected chi connectivity index (χ4v) is 3.49. The fourth-order valence-electron chi connectivity index (χ4n) is 2.71. The monoisotopic (exact) mass is 360 g/mol. The third kappa shape index (κ3) is 5.12. The highest BCUT2D eigenvalue weighted by molar-refractivity contribution is 7.15. The first kappa shape index (κ1) is 17.6. The van der Waals surface area contributed by atoms with Gasteiger partial charge in [0, 0.05) is 32.3 Å². The summed E-state index contributed by atoms with van der Waals surface area (Å²) < 4.78 is 0. The molecule has 8 heteroatoms. The van der Waals surface area contributed by atoms with E-state index in [2.05, 4.69) is 37.6 Å². The van der Waals surface area contributed by atoms with E-state index in [9.17, 15) is 4.79 Å². The molecule has 1 fully saturated rings. The molecule has 1 aliphatic rings. The number of unbranched alkanes of at least 4 members (excludes halogenated alkanes) is 1. The summed E-state index contributed by atoms with van der Waals surface area (Å²) in [6.07, 6.45) is 7.40. The Bertz CT molecular complexity index is 681. The average molecular weight is 360 g/mol. The molecule has 0 spiro atoms. The van der Waals surface area contributed by atoms with E-state index in [1.165, 1.54) is 24.2 Å². The van der Waals surface area contributed by atoms with Crippen molar-refractivity contribution >= 4 is 28.3 Å². The molecular weight excluding hydrogens is 336 g/mol. The summed E-state index contributed by atoms with van der Waals surface area (Å²) in [5, 5.41) is 15.1. The number of carbonyl (C=O) groups excluding carboxylic acids is 1. The summed E-state index contributed by atoms with van der Waals surface area (Å²) in [4.78, 5) is 18.7. The quantitative estimate of drug-likeness (QED) is 0.792. The van der Waals surface area contributed by atoms with Crippen LogP contribution in [0.25, 0.3) is 0 Å². The number of urea groups is 1. The summed E-state index contributed by atoms with van der Waals surface area (Å²) in [6.45, 7) is 4.73. The second kappa shape index (κ2) is 8.75. The first-order chi connectivity index (χ1) is 12.2. The van der Waals surface area contributed by atoms with Crippen molar-refractivity contribution in [2.24, 2.45) is 0 Å². The van der Waals surface area contributed by atoms with Crippen LogP contribution in [0.3, 0.4) is 0 Å². The zero-order valence-corrected chi connectivity index (χ0v) is 15.3. The average Bonchev–Trinajstić information content (AvgIpc) is 3.31. The number of hydrogen-bond donors (Lipinski definition) is 2. The number of nitrogens with one attached hydrogen (secondary N) is 2. The lowest BCUT2D eigenvalue weighted by atomic mass is 10.3. The zero-order chi connectivity index (χ0) is 17.5. The van der Waals surface area contributed by atoms with Crippen LogP contribution in [0.5, 0.6) is 0 Å². The van der Waals surface area contributed by atoms with Gasteiger partial charge in [-0.15, -0.1) is 10.2 Å². The van der Waals surface area contributed by atoms with E-state index in [-0.39, 0.29) is 6.03 Å². The van der Waals surface area contributed by atoms with Gasteiger partial charge in [0.2, 0.25) is 5.13 Å². The molecule has 0 bridgehead atoms. The zero-order valence-electron chi connectivity index (χ0n) is 14.5. The maximum Gasteiger partial charge on any atom is 0.321 e. The molecule has 3 heterocycles. The highest BCUT2D eigenvalue weighted by atomic mass is 32.1. The van der Waals surface area contributed by atoms with Gasteiger partial charge in [0.05, 0.1) is 0 Å². The van der Waals surface area contributed by atoms with Crippen molar-refractivity contribution in [3.05, 3.63) is 28.9 Å². The Hall–Kier alpha value is -2.22. The molecule has 2 aromatic rings. The van der Waals surface area contributed by atoms with E-state index in [4.69, 9.17) is 0 Å². The number of anilines is 2. The summed E-state index contributed by atoms with van der Waals surface area (Å²) >= 11 is 1.43. The maximum atomic E-state index is 12.0.